The molecule has 3 rings (SSSR count). The zero-order valence-electron chi connectivity index (χ0n) is 11.5. The van der Waals surface area contributed by atoms with Crippen molar-refractivity contribution in [2.24, 2.45) is 0 Å². The van der Waals surface area contributed by atoms with E-state index in [1.807, 2.05) is 35.0 Å². The number of amides is 1. The summed E-state index contributed by atoms with van der Waals surface area (Å²) >= 11 is 3.23. The summed E-state index contributed by atoms with van der Waals surface area (Å²) in [5.74, 6) is 0.817. The molecule has 108 valence electrons. The van der Waals surface area contributed by atoms with Crippen LogP contribution in [0.1, 0.15) is 11.5 Å². The number of hydrogen-bond donors (Lipinski definition) is 0. The van der Waals surface area contributed by atoms with Gasteiger partial charge in [0.25, 0.3) is 0 Å². The van der Waals surface area contributed by atoms with E-state index in [0.717, 1.165) is 21.3 Å². The Morgan fingerprint density at radius 3 is 2.95 bits per heavy atom. The molecule has 0 aliphatic carbocycles. The molecule has 0 saturated heterocycles. The van der Waals surface area contributed by atoms with Gasteiger partial charge in [0.2, 0.25) is 5.91 Å². The zero-order chi connectivity index (χ0) is 14.7. The van der Waals surface area contributed by atoms with Gasteiger partial charge in [-0.15, -0.1) is 22.7 Å². The van der Waals surface area contributed by atoms with Crippen LogP contribution in [0.15, 0.2) is 45.7 Å². The van der Waals surface area contributed by atoms with Crippen LogP contribution in [0.25, 0.3) is 9.88 Å². The van der Waals surface area contributed by atoms with Crippen LogP contribution in [0, 0.1) is 0 Å². The lowest BCUT2D eigenvalue weighted by molar-refractivity contribution is -0.129. The number of carbonyl (C=O) groups excluding carboxylic acids is 1. The molecule has 0 bridgehead atoms. The molecule has 6 heteroatoms. The third kappa shape index (κ3) is 3.40. The Labute approximate surface area is 130 Å². The van der Waals surface area contributed by atoms with E-state index in [4.69, 9.17) is 4.42 Å². The first-order valence-corrected chi connectivity index (χ1v) is 8.23. The molecular weight excluding hydrogens is 304 g/mol. The van der Waals surface area contributed by atoms with E-state index in [9.17, 15) is 4.79 Å². The van der Waals surface area contributed by atoms with Gasteiger partial charge >= 0.3 is 0 Å². The molecule has 3 heterocycles. The maximum atomic E-state index is 12.2. The van der Waals surface area contributed by atoms with Gasteiger partial charge in [-0.3, -0.25) is 4.79 Å². The Balaban J connectivity index is 1.62. The number of likely N-dealkylation sites (N-methyl/N-ethyl adjacent to an activating group) is 1. The first kappa shape index (κ1) is 14.0. The monoisotopic (exact) mass is 318 g/mol. The second-order valence-corrected chi connectivity index (χ2v) is 6.43. The van der Waals surface area contributed by atoms with Gasteiger partial charge in [0, 0.05) is 12.4 Å². The molecule has 0 atom stereocenters. The number of furan rings is 1. The number of thiophene rings is 1. The highest BCUT2D eigenvalue weighted by atomic mass is 32.1. The minimum Gasteiger partial charge on any atom is -0.467 e. The predicted molar refractivity (Wildman–Crippen MR) is 84.3 cm³/mol. The third-order valence-electron chi connectivity index (χ3n) is 3.01. The second-order valence-electron chi connectivity index (χ2n) is 4.63. The van der Waals surface area contributed by atoms with Crippen molar-refractivity contribution in [2.75, 3.05) is 7.05 Å². The van der Waals surface area contributed by atoms with Crippen molar-refractivity contribution in [3.63, 3.8) is 0 Å². The Bertz CT molecular complexity index is 702. The number of thiazole rings is 1. The summed E-state index contributed by atoms with van der Waals surface area (Å²) in [6.07, 6.45) is 1.93. The van der Waals surface area contributed by atoms with Gasteiger partial charge in [-0.05, 0) is 23.6 Å². The van der Waals surface area contributed by atoms with Crippen molar-refractivity contribution in [2.45, 2.75) is 13.0 Å². The highest BCUT2D eigenvalue weighted by molar-refractivity contribution is 7.20. The molecule has 21 heavy (non-hydrogen) atoms. The fraction of sp³-hybridized carbons (Fsp3) is 0.200. The van der Waals surface area contributed by atoms with Gasteiger partial charge in [-0.1, -0.05) is 6.07 Å². The molecule has 3 aromatic heterocycles. The summed E-state index contributed by atoms with van der Waals surface area (Å²) in [5, 5.41) is 4.95. The summed E-state index contributed by atoms with van der Waals surface area (Å²) in [6.45, 7) is 0.480. The Kier molecular flexibility index (Phi) is 4.17. The van der Waals surface area contributed by atoms with Crippen molar-refractivity contribution in [1.29, 1.82) is 0 Å². The first-order chi connectivity index (χ1) is 10.2. The van der Waals surface area contributed by atoms with Gasteiger partial charge in [0.1, 0.15) is 10.8 Å². The van der Waals surface area contributed by atoms with E-state index < -0.39 is 0 Å². The minimum atomic E-state index is 0.0365. The van der Waals surface area contributed by atoms with E-state index in [1.54, 1.807) is 40.9 Å². The molecule has 3 aromatic rings. The summed E-state index contributed by atoms with van der Waals surface area (Å²) < 4.78 is 5.25. The van der Waals surface area contributed by atoms with Gasteiger partial charge in [0.05, 0.1) is 29.8 Å². The Hall–Kier alpha value is -1.92. The van der Waals surface area contributed by atoms with Crippen LogP contribution >= 0.6 is 22.7 Å². The summed E-state index contributed by atoms with van der Waals surface area (Å²) in [4.78, 5) is 19.5. The van der Waals surface area contributed by atoms with Crippen molar-refractivity contribution in [1.82, 2.24) is 9.88 Å². The lowest BCUT2D eigenvalue weighted by Gasteiger charge is -2.14. The average Bonchev–Trinajstić information content (AvgIpc) is 3.20. The van der Waals surface area contributed by atoms with Gasteiger partial charge in [0.15, 0.2) is 0 Å². The molecule has 0 aliphatic rings. The molecule has 0 spiro atoms. The van der Waals surface area contributed by atoms with E-state index in [0.29, 0.717) is 13.0 Å². The van der Waals surface area contributed by atoms with Crippen molar-refractivity contribution in [3.8, 4) is 9.88 Å². The molecule has 0 unspecified atom stereocenters. The van der Waals surface area contributed by atoms with Gasteiger partial charge in [-0.25, -0.2) is 4.98 Å². The largest absolute Gasteiger partial charge is 0.467 e. The number of carbonyl (C=O) groups is 1. The van der Waals surface area contributed by atoms with E-state index >= 15 is 0 Å². The minimum absolute atomic E-state index is 0.0365. The molecule has 0 radical (unpaired) electrons. The van der Waals surface area contributed by atoms with Gasteiger partial charge < -0.3 is 9.32 Å². The SMILES string of the molecule is CN(Cc1ccco1)C(=O)Cc1csc(-c2cccs2)n1. The molecule has 0 aliphatic heterocycles. The lowest BCUT2D eigenvalue weighted by Crippen LogP contribution is -2.27. The number of hydrogen-bond acceptors (Lipinski definition) is 5. The standard InChI is InChI=1S/C15H14N2O2S2/c1-17(9-12-4-2-6-19-12)14(18)8-11-10-21-15(16-11)13-5-3-7-20-13/h2-7,10H,8-9H2,1H3. The topological polar surface area (TPSA) is 46.3 Å². The fourth-order valence-electron chi connectivity index (χ4n) is 1.92. The van der Waals surface area contributed by atoms with Crippen LogP contribution in [-0.2, 0) is 17.8 Å². The molecule has 1 amide bonds. The maximum Gasteiger partial charge on any atom is 0.228 e. The smallest absolute Gasteiger partial charge is 0.228 e. The van der Waals surface area contributed by atoms with Crippen LogP contribution in [0.4, 0.5) is 0 Å². The van der Waals surface area contributed by atoms with E-state index in [2.05, 4.69) is 4.98 Å². The maximum absolute atomic E-state index is 12.2. The fourth-order valence-corrected chi connectivity index (χ4v) is 3.55. The average molecular weight is 318 g/mol. The van der Waals surface area contributed by atoms with Crippen LogP contribution in [0.3, 0.4) is 0 Å². The van der Waals surface area contributed by atoms with Crippen molar-refractivity contribution >= 4 is 28.6 Å². The van der Waals surface area contributed by atoms with Crippen LogP contribution < -0.4 is 0 Å². The van der Waals surface area contributed by atoms with E-state index in [1.165, 1.54) is 0 Å². The summed E-state index contributed by atoms with van der Waals surface area (Å²) in [6, 6.07) is 7.73. The number of aromatic nitrogens is 1. The molecule has 0 saturated carbocycles. The van der Waals surface area contributed by atoms with Crippen LogP contribution in [-0.4, -0.2) is 22.8 Å². The normalized spacial score (nSPS) is 10.7. The lowest BCUT2D eigenvalue weighted by atomic mass is 10.3. The van der Waals surface area contributed by atoms with E-state index in [-0.39, 0.29) is 5.91 Å². The first-order valence-electron chi connectivity index (χ1n) is 6.47. The third-order valence-corrected chi connectivity index (χ3v) is 4.95. The van der Waals surface area contributed by atoms with Gasteiger partial charge in [-0.2, -0.15) is 0 Å². The highest BCUT2D eigenvalue weighted by Crippen LogP contribution is 2.28. The second kappa shape index (κ2) is 6.24. The summed E-state index contributed by atoms with van der Waals surface area (Å²) in [7, 11) is 1.78. The zero-order valence-corrected chi connectivity index (χ0v) is 13.1. The van der Waals surface area contributed by atoms with Crippen LogP contribution in [0.2, 0.25) is 0 Å². The molecule has 0 aromatic carbocycles. The van der Waals surface area contributed by atoms with Crippen molar-refractivity contribution in [3.05, 3.63) is 52.7 Å². The molecule has 0 N–H and O–H groups in total. The summed E-state index contributed by atoms with van der Waals surface area (Å²) in [5.41, 5.74) is 0.819. The molecule has 4 nitrogen and oxygen atoms in total. The Morgan fingerprint density at radius 1 is 1.33 bits per heavy atom. The van der Waals surface area contributed by atoms with Crippen molar-refractivity contribution < 1.29 is 9.21 Å². The van der Waals surface area contributed by atoms with Crippen LogP contribution in [0.5, 0.6) is 0 Å². The quantitative estimate of drug-likeness (QED) is 0.721. The Morgan fingerprint density at radius 2 is 2.24 bits per heavy atom. The molecular formula is C15H14N2O2S2. The molecule has 0 fully saturated rings. The highest BCUT2D eigenvalue weighted by Gasteiger charge is 2.14. The number of nitrogens with zero attached hydrogens (tertiary/aromatic N) is 2. The number of rotatable bonds is 5. The predicted octanol–water partition coefficient (Wildman–Crippen LogP) is 3.67.